The number of rotatable bonds is 6. The first-order valence-corrected chi connectivity index (χ1v) is 14.1. The minimum absolute atomic E-state index is 0.0104. The molecule has 0 radical (unpaired) electrons. The van der Waals surface area contributed by atoms with Gasteiger partial charge in [0.05, 0.1) is 13.2 Å². The van der Waals surface area contributed by atoms with E-state index >= 15 is 4.39 Å². The minimum atomic E-state index is -0.890. The van der Waals surface area contributed by atoms with Crippen molar-refractivity contribution in [3.8, 4) is 5.75 Å². The van der Waals surface area contributed by atoms with Crippen molar-refractivity contribution in [1.29, 1.82) is 0 Å². The van der Waals surface area contributed by atoms with Gasteiger partial charge in [0.15, 0.2) is 0 Å². The SMILES string of the molecule is Bc1c(B)c(CN2CCOCC2)c(F)c(CNc2cccc3c2CN(C2C(=O)NC(=O)C(B)(B)C2(B)B)C3=O)c1O. The maximum Gasteiger partial charge on any atom is 0.255 e. The van der Waals surface area contributed by atoms with E-state index in [1.807, 2.05) is 23.5 Å². The van der Waals surface area contributed by atoms with Crippen molar-refractivity contribution in [1.82, 2.24) is 15.1 Å². The molecule has 2 aromatic rings. The summed E-state index contributed by atoms with van der Waals surface area (Å²) in [5.74, 6) is -1.68. The molecule has 208 valence electrons. The van der Waals surface area contributed by atoms with Crippen LogP contribution >= 0.6 is 0 Å². The number of anilines is 1. The molecule has 3 aliphatic heterocycles. The predicted molar refractivity (Wildman–Crippen MR) is 171 cm³/mol. The van der Waals surface area contributed by atoms with E-state index in [4.69, 9.17) is 4.74 Å². The molecule has 0 aromatic heterocycles. The third-order valence-electron chi connectivity index (χ3n) is 9.78. The maximum absolute atomic E-state index is 15.9. The van der Waals surface area contributed by atoms with E-state index in [1.54, 1.807) is 41.7 Å². The summed E-state index contributed by atoms with van der Waals surface area (Å²) in [5.41, 5.74) is 3.85. The van der Waals surface area contributed by atoms with Crippen molar-refractivity contribution in [3.63, 3.8) is 0 Å². The fourth-order valence-electron chi connectivity index (χ4n) is 6.16. The molecule has 2 aromatic carbocycles. The number of amides is 3. The molecule has 2 fully saturated rings. The van der Waals surface area contributed by atoms with Crippen LogP contribution in [-0.2, 0) is 34.0 Å². The second-order valence-corrected chi connectivity index (χ2v) is 12.4. The van der Waals surface area contributed by atoms with Gasteiger partial charge in [-0.25, -0.2) is 4.39 Å². The Morgan fingerprint density at radius 2 is 1.76 bits per heavy atom. The lowest BCUT2D eigenvalue weighted by atomic mass is 9.26. The smallest absolute Gasteiger partial charge is 0.255 e. The Morgan fingerprint density at radius 1 is 1.07 bits per heavy atom. The summed E-state index contributed by atoms with van der Waals surface area (Å²) in [6.07, 6.45) is 0. The van der Waals surface area contributed by atoms with Crippen molar-refractivity contribution in [2.75, 3.05) is 31.6 Å². The van der Waals surface area contributed by atoms with Crippen LogP contribution in [0.3, 0.4) is 0 Å². The highest BCUT2D eigenvalue weighted by molar-refractivity contribution is 6.63. The first-order valence-electron chi connectivity index (χ1n) is 14.1. The Morgan fingerprint density at radius 3 is 2.44 bits per heavy atom. The van der Waals surface area contributed by atoms with Crippen molar-refractivity contribution >= 4 is 81.4 Å². The summed E-state index contributed by atoms with van der Waals surface area (Å²) in [4.78, 5) is 42.9. The Hall–Kier alpha value is -3.11. The van der Waals surface area contributed by atoms with Gasteiger partial charge in [-0.2, -0.15) is 0 Å². The monoisotopic (exact) mass is 554 g/mol. The molecule has 1 atom stereocenters. The van der Waals surface area contributed by atoms with E-state index in [2.05, 4.69) is 15.5 Å². The fraction of sp³-hybridized carbons (Fsp3) is 0.400. The average Bonchev–Trinajstić information content (AvgIpc) is 3.26. The number of carbonyl (C=O) groups is 3. The number of morpholine rings is 1. The van der Waals surface area contributed by atoms with Crippen molar-refractivity contribution in [2.45, 2.75) is 36.1 Å². The third kappa shape index (κ3) is 4.78. The van der Waals surface area contributed by atoms with E-state index in [0.29, 0.717) is 60.7 Å². The summed E-state index contributed by atoms with van der Waals surface area (Å²) in [6.45, 7) is 3.24. The molecule has 3 aliphatic rings. The lowest BCUT2D eigenvalue weighted by Crippen LogP contribution is -2.66. The fourth-order valence-corrected chi connectivity index (χ4v) is 6.16. The van der Waals surface area contributed by atoms with Crippen LogP contribution in [-0.4, -0.2) is 112 Å². The molecule has 0 saturated carbocycles. The van der Waals surface area contributed by atoms with Crippen LogP contribution in [0, 0.1) is 5.82 Å². The highest BCUT2D eigenvalue weighted by Crippen LogP contribution is 2.50. The average molecular weight is 553 g/mol. The molecule has 0 bridgehead atoms. The van der Waals surface area contributed by atoms with Crippen molar-refractivity contribution in [3.05, 3.63) is 46.3 Å². The molecule has 5 rings (SSSR count). The van der Waals surface area contributed by atoms with E-state index in [-0.39, 0.29) is 36.2 Å². The quantitative estimate of drug-likeness (QED) is 0.242. The third-order valence-corrected chi connectivity index (χ3v) is 9.78. The van der Waals surface area contributed by atoms with Gasteiger partial charge in [-0.05, 0) is 22.9 Å². The van der Waals surface area contributed by atoms with Crippen LogP contribution in [0.5, 0.6) is 5.75 Å². The Balaban J connectivity index is 1.42. The Kier molecular flexibility index (Phi) is 7.61. The van der Waals surface area contributed by atoms with Crippen LogP contribution in [0.15, 0.2) is 18.2 Å². The van der Waals surface area contributed by atoms with Crippen LogP contribution in [0.1, 0.15) is 27.0 Å². The Labute approximate surface area is 244 Å². The van der Waals surface area contributed by atoms with E-state index in [1.165, 1.54) is 4.90 Å². The molecule has 0 aliphatic carbocycles. The van der Waals surface area contributed by atoms with Gasteiger partial charge in [-0.1, -0.05) is 22.2 Å². The number of hydrogen-bond donors (Lipinski definition) is 3. The van der Waals surface area contributed by atoms with Gasteiger partial charge in [0.2, 0.25) is 11.8 Å². The van der Waals surface area contributed by atoms with Gasteiger partial charge in [-0.15, -0.1) is 0 Å². The first-order chi connectivity index (χ1) is 19.3. The molecule has 0 spiro atoms. The number of fused-ring (bicyclic) bond motifs is 1. The molecule has 16 heteroatoms. The van der Waals surface area contributed by atoms with Gasteiger partial charge in [-0.3, -0.25) is 24.6 Å². The van der Waals surface area contributed by atoms with Crippen LogP contribution < -0.4 is 21.6 Å². The topological polar surface area (TPSA) is 111 Å². The second kappa shape index (κ2) is 10.6. The number of piperidine rings is 1. The lowest BCUT2D eigenvalue weighted by molar-refractivity contribution is -0.138. The van der Waals surface area contributed by atoms with Gasteiger partial charge in [0.1, 0.15) is 64.7 Å². The number of phenols is 1. The largest absolute Gasteiger partial charge is 0.508 e. The van der Waals surface area contributed by atoms with Gasteiger partial charge >= 0.3 is 0 Å². The number of carbonyl (C=O) groups excluding carboxylic acids is 3. The van der Waals surface area contributed by atoms with Crippen LogP contribution in [0.25, 0.3) is 0 Å². The van der Waals surface area contributed by atoms with E-state index < -0.39 is 28.2 Å². The Bertz CT molecular complexity index is 1450. The molecule has 3 amide bonds. The molecule has 1 unspecified atom stereocenters. The number of benzene rings is 2. The number of hydrogen-bond acceptors (Lipinski definition) is 7. The molecule has 9 nitrogen and oxygen atoms in total. The number of nitrogens with zero attached hydrogens (tertiary/aromatic N) is 2. The molecule has 3 N–H and O–H groups in total. The highest BCUT2D eigenvalue weighted by Gasteiger charge is 2.57. The van der Waals surface area contributed by atoms with Crippen LogP contribution in [0.2, 0.25) is 10.4 Å². The summed E-state index contributed by atoms with van der Waals surface area (Å²) in [5, 5.41) is 14.9. The summed E-state index contributed by atoms with van der Waals surface area (Å²) < 4.78 is 21.3. The first kappa shape index (κ1) is 29.4. The number of aromatic hydroxyl groups is 1. The highest BCUT2D eigenvalue weighted by atomic mass is 19.1. The van der Waals surface area contributed by atoms with Gasteiger partial charge < -0.3 is 20.1 Å². The van der Waals surface area contributed by atoms with E-state index in [9.17, 15) is 19.5 Å². The normalized spacial score (nSPS) is 21.9. The zero-order valence-corrected chi connectivity index (χ0v) is 24.6. The standard InChI is InChI=1S/C25H33B6FN4O5/c26-16-14(9-35-4-6-41-7-5-35)18(32)12(19(37)17(16)27)8-33-15-3-1-2-11-13(15)10-36(22(11)39)20-21(38)34-23(40)25(30,31)24(20,28)29/h1-3,20,33,37H,4-10,26-31H2,(H,34,38,40). The predicted octanol–water partition coefficient (Wildman–Crippen LogP) is -5.76. The minimum Gasteiger partial charge on any atom is -0.508 e. The number of ether oxygens (including phenoxy) is 1. The van der Waals surface area contributed by atoms with E-state index in [0.717, 1.165) is 5.46 Å². The number of nitrogens with one attached hydrogen (secondary N) is 2. The molecule has 3 heterocycles. The molecular formula is C25H33B6FN4O5. The summed E-state index contributed by atoms with van der Waals surface area (Å²) >= 11 is 0. The maximum atomic E-state index is 15.9. The summed E-state index contributed by atoms with van der Waals surface area (Å²) in [7, 11) is 10.8. The number of imide groups is 1. The molecule has 41 heavy (non-hydrogen) atoms. The second-order valence-electron chi connectivity index (χ2n) is 12.4. The van der Waals surface area contributed by atoms with Gasteiger partial charge in [0.25, 0.3) is 5.91 Å². The van der Waals surface area contributed by atoms with Crippen molar-refractivity contribution < 1.29 is 28.6 Å². The zero-order chi connectivity index (χ0) is 29.9. The van der Waals surface area contributed by atoms with Gasteiger partial charge in [0, 0.05) is 55.1 Å². The molecular weight excluding hydrogens is 520 g/mol. The van der Waals surface area contributed by atoms with Crippen molar-refractivity contribution in [2.24, 2.45) is 0 Å². The molecule has 2 saturated heterocycles. The lowest BCUT2D eigenvalue weighted by Gasteiger charge is -2.52. The van der Waals surface area contributed by atoms with Crippen LogP contribution in [0.4, 0.5) is 10.1 Å². The zero-order valence-electron chi connectivity index (χ0n) is 24.6. The summed E-state index contributed by atoms with van der Waals surface area (Å²) in [6, 6.07) is 4.40. The number of halogens is 1. The number of phenolic OH excluding ortho intramolecular Hbond substituents is 1.